The number of hydrogen-bond donors (Lipinski definition) is 1. The van der Waals surface area contributed by atoms with E-state index in [4.69, 9.17) is 55.9 Å². The molecular weight excluding hydrogens is 704 g/mol. The Hall–Kier alpha value is -4.67. The molecule has 0 amide bonds. The number of H-pyrrole nitrogens is 1. The van der Waals surface area contributed by atoms with Crippen molar-refractivity contribution in [2.75, 3.05) is 19.0 Å². The van der Waals surface area contributed by atoms with Crippen molar-refractivity contribution in [1.29, 1.82) is 0 Å². The summed E-state index contributed by atoms with van der Waals surface area (Å²) >= 11 is 27.0. The van der Waals surface area contributed by atoms with Crippen LogP contribution in [-0.4, -0.2) is 43.8 Å². The first kappa shape index (κ1) is 32.9. The Balaban J connectivity index is 1.21. The molecule has 13 heteroatoms. The lowest BCUT2D eigenvalue weighted by Crippen LogP contribution is -2.10. The molecule has 49 heavy (non-hydrogen) atoms. The standard InChI is InChI=1S/C36H27Cl4N7O2/c1-19-43-29-7-4-22(23-6-9-32(48)42-16-23)15-30(29)47(19)18-21-11-26(35(40)28(38)13-21)25-10-20(12-27(37)34(25)39)14-33-44-36(45-49-33)24-5-8-31(41-17-24)46(2)3/h4-13,15-17H,14,18H2,1-3H3,(H,42,48). The molecule has 7 rings (SSSR count). The van der Waals surface area contributed by atoms with Crippen LogP contribution in [0, 0.1) is 6.92 Å². The third-order valence-corrected chi connectivity index (χ3v) is 9.76. The number of imidazole rings is 1. The van der Waals surface area contributed by atoms with Gasteiger partial charge in [-0.2, -0.15) is 4.98 Å². The molecule has 0 aliphatic heterocycles. The molecule has 0 saturated carbocycles. The topological polar surface area (TPSA) is 106 Å². The molecule has 0 fully saturated rings. The van der Waals surface area contributed by atoms with E-state index in [0.717, 1.165) is 50.5 Å². The molecule has 3 aromatic carbocycles. The summed E-state index contributed by atoms with van der Waals surface area (Å²) in [4.78, 5) is 30.0. The SMILES string of the molecule is Cc1nc2ccc(-c3ccc(=O)[nH]c3)cc2n1Cc1cc(Cl)c(Cl)c(-c2cc(Cc3nc(-c4ccc(N(C)C)nc4)no3)cc(Cl)c2Cl)c1. The fourth-order valence-electron chi connectivity index (χ4n) is 5.67. The second-order valence-electron chi connectivity index (χ2n) is 11.8. The number of nitrogens with one attached hydrogen (secondary N) is 1. The van der Waals surface area contributed by atoms with Crippen molar-refractivity contribution >= 4 is 63.3 Å². The summed E-state index contributed by atoms with van der Waals surface area (Å²) in [6.45, 7) is 2.41. The summed E-state index contributed by atoms with van der Waals surface area (Å²) in [6.07, 6.45) is 3.71. The maximum Gasteiger partial charge on any atom is 0.247 e. The number of benzene rings is 3. The number of anilines is 1. The number of pyridine rings is 2. The lowest BCUT2D eigenvalue weighted by Gasteiger charge is -2.15. The van der Waals surface area contributed by atoms with Gasteiger partial charge in [0.25, 0.3) is 0 Å². The molecule has 7 aromatic rings. The summed E-state index contributed by atoms with van der Waals surface area (Å²) < 4.78 is 7.69. The van der Waals surface area contributed by atoms with Gasteiger partial charge in [0, 0.05) is 55.8 Å². The molecule has 0 saturated heterocycles. The van der Waals surface area contributed by atoms with E-state index in [0.29, 0.717) is 55.9 Å². The zero-order chi connectivity index (χ0) is 34.4. The molecule has 9 nitrogen and oxygen atoms in total. The molecule has 4 heterocycles. The molecule has 0 unspecified atom stereocenters. The second kappa shape index (κ2) is 13.3. The minimum atomic E-state index is -0.156. The third-order valence-electron chi connectivity index (χ3n) is 8.15. The largest absolute Gasteiger partial charge is 0.363 e. The van der Waals surface area contributed by atoms with Crippen LogP contribution in [0.15, 0.2) is 88.4 Å². The van der Waals surface area contributed by atoms with Gasteiger partial charge in [-0.15, -0.1) is 0 Å². The van der Waals surface area contributed by atoms with Crippen LogP contribution in [0.3, 0.4) is 0 Å². The summed E-state index contributed by atoms with van der Waals surface area (Å²) in [5.41, 5.74) is 7.13. The van der Waals surface area contributed by atoms with Gasteiger partial charge in [-0.3, -0.25) is 4.79 Å². The summed E-state index contributed by atoms with van der Waals surface area (Å²) in [5, 5.41) is 5.56. The van der Waals surface area contributed by atoms with Gasteiger partial charge < -0.3 is 19.0 Å². The Kier molecular flexibility index (Phi) is 8.94. The van der Waals surface area contributed by atoms with Crippen molar-refractivity contribution in [3.63, 3.8) is 0 Å². The minimum Gasteiger partial charge on any atom is -0.363 e. The first-order valence-corrected chi connectivity index (χ1v) is 16.6. The normalized spacial score (nSPS) is 11.4. The highest BCUT2D eigenvalue weighted by Crippen LogP contribution is 2.42. The van der Waals surface area contributed by atoms with Crippen LogP contribution < -0.4 is 10.5 Å². The molecule has 0 aliphatic rings. The smallest absolute Gasteiger partial charge is 0.247 e. The Morgan fingerprint density at radius 2 is 1.51 bits per heavy atom. The van der Waals surface area contributed by atoms with Crippen LogP contribution in [-0.2, 0) is 13.0 Å². The van der Waals surface area contributed by atoms with Gasteiger partial charge in [0.05, 0.1) is 37.5 Å². The number of aromatic nitrogens is 6. The van der Waals surface area contributed by atoms with E-state index >= 15 is 0 Å². The molecule has 0 aliphatic carbocycles. The Bertz CT molecular complexity index is 2400. The van der Waals surface area contributed by atoms with Crippen LogP contribution in [0.1, 0.15) is 22.8 Å². The molecule has 4 aromatic heterocycles. The molecule has 0 radical (unpaired) electrons. The number of fused-ring (bicyclic) bond motifs is 1. The lowest BCUT2D eigenvalue weighted by molar-refractivity contribution is 0.385. The highest BCUT2D eigenvalue weighted by Gasteiger charge is 2.19. The van der Waals surface area contributed by atoms with Crippen molar-refractivity contribution < 1.29 is 4.52 Å². The van der Waals surface area contributed by atoms with E-state index in [9.17, 15) is 4.79 Å². The predicted molar refractivity (Wildman–Crippen MR) is 196 cm³/mol. The second-order valence-corrected chi connectivity index (χ2v) is 13.3. The molecule has 1 N–H and O–H groups in total. The predicted octanol–water partition coefficient (Wildman–Crippen LogP) is 9.13. The van der Waals surface area contributed by atoms with E-state index in [1.165, 1.54) is 6.07 Å². The maximum atomic E-state index is 11.6. The first-order chi connectivity index (χ1) is 23.5. The van der Waals surface area contributed by atoms with Gasteiger partial charge in [0.1, 0.15) is 11.6 Å². The van der Waals surface area contributed by atoms with Crippen LogP contribution >= 0.6 is 46.4 Å². The zero-order valence-electron chi connectivity index (χ0n) is 26.4. The number of hydrogen-bond acceptors (Lipinski definition) is 7. The van der Waals surface area contributed by atoms with Gasteiger partial charge in [-0.05, 0) is 83.8 Å². The highest BCUT2D eigenvalue weighted by atomic mass is 35.5. The van der Waals surface area contributed by atoms with E-state index in [2.05, 4.69) is 30.7 Å². The summed E-state index contributed by atoms with van der Waals surface area (Å²) in [6, 6.07) is 20.6. The zero-order valence-corrected chi connectivity index (χ0v) is 29.5. The molecule has 0 atom stereocenters. The van der Waals surface area contributed by atoms with Crippen LogP contribution in [0.5, 0.6) is 0 Å². The van der Waals surface area contributed by atoms with E-state index < -0.39 is 0 Å². The fraction of sp³-hybridized carbons (Fsp3) is 0.139. The quantitative estimate of drug-likeness (QED) is 0.166. The number of rotatable bonds is 8. The van der Waals surface area contributed by atoms with Crippen LogP contribution in [0.25, 0.3) is 44.7 Å². The number of nitrogens with zero attached hydrogens (tertiary/aromatic N) is 6. The van der Waals surface area contributed by atoms with Crippen molar-refractivity contribution in [2.24, 2.45) is 0 Å². The Morgan fingerprint density at radius 3 is 2.18 bits per heavy atom. The van der Waals surface area contributed by atoms with Crippen molar-refractivity contribution in [1.82, 2.24) is 29.7 Å². The highest BCUT2D eigenvalue weighted by molar-refractivity contribution is 6.46. The molecular formula is C36H27Cl4N7O2. The monoisotopic (exact) mass is 729 g/mol. The number of aromatic amines is 1. The lowest BCUT2D eigenvalue weighted by atomic mass is 9.99. The van der Waals surface area contributed by atoms with Crippen LogP contribution in [0.4, 0.5) is 5.82 Å². The minimum absolute atomic E-state index is 0.156. The fourth-order valence-corrected chi connectivity index (χ4v) is 6.58. The van der Waals surface area contributed by atoms with Crippen molar-refractivity contribution in [3.8, 4) is 33.6 Å². The van der Waals surface area contributed by atoms with Gasteiger partial charge in [0.2, 0.25) is 17.3 Å². The maximum absolute atomic E-state index is 11.6. The number of halogens is 4. The summed E-state index contributed by atoms with van der Waals surface area (Å²) in [7, 11) is 3.85. The molecule has 246 valence electrons. The van der Waals surface area contributed by atoms with Crippen molar-refractivity contribution in [2.45, 2.75) is 19.9 Å². The van der Waals surface area contributed by atoms with Crippen molar-refractivity contribution in [3.05, 3.63) is 132 Å². The third kappa shape index (κ3) is 6.67. The average molecular weight is 731 g/mol. The Morgan fingerprint density at radius 1 is 0.816 bits per heavy atom. The van der Waals surface area contributed by atoms with E-state index in [-0.39, 0.29) is 5.56 Å². The summed E-state index contributed by atoms with van der Waals surface area (Å²) in [5.74, 6) is 2.48. The molecule has 0 spiro atoms. The van der Waals surface area contributed by atoms with Gasteiger partial charge in [-0.1, -0.05) is 57.6 Å². The first-order valence-electron chi connectivity index (χ1n) is 15.1. The van der Waals surface area contributed by atoms with Gasteiger partial charge in [0.15, 0.2) is 0 Å². The average Bonchev–Trinajstić information content (AvgIpc) is 3.68. The van der Waals surface area contributed by atoms with E-state index in [1.54, 1.807) is 24.5 Å². The van der Waals surface area contributed by atoms with Gasteiger partial charge in [-0.25, -0.2) is 9.97 Å². The Labute approximate surface area is 301 Å². The van der Waals surface area contributed by atoms with E-state index in [1.807, 2.05) is 68.4 Å². The molecule has 0 bridgehead atoms. The number of aryl methyl sites for hydroxylation is 1. The van der Waals surface area contributed by atoms with Gasteiger partial charge >= 0.3 is 0 Å². The van der Waals surface area contributed by atoms with Crippen LogP contribution in [0.2, 0.25) is 20.1 Å².